The standard InChI is InChI=1S/C21H20N2OS/c1-16-7-9-19(10-8-16)22-12-11-18(14-22)21-23(20(24)15-25-21)13-17-5-3-2-4-6-17/h2-12,14,21H,13,15H2,1H3. The summed E-state index contributed by atoms with van der Waals surface area (Å²) in [5, 5.41) is 0.0828. The molecule has 2 heterocycles. The largest absolute Gasteiger partial charge is 0.323 e. The fourth-order valence-corrected chi connectivity index (χ4v) is 4.29. The van der Waals surface area contributed by atoms with Gasteiger partial charge in [-0.1, -0.05) is 48.0 Å². The van der Waals surface area contributed by atoms with E-state index in [0.717, 1.165) is 5.69 Å². The maximum Gasteiger partial charge on any atom is 0.234 e. The third kappa shape index (κ3) is 3.35. The molecule has 0 aliphatic carbocycles. The number of benzene rings is 2. The molecule has 0 N–H and O–H groups in total. The maximum absolute atomic E-state index is 12.4. The second kappa shape index (κ2) is 6.81. The van der Waals surface area contributed by atoms with E-state index in [9.17, 15) is 4.79 Å². The normalized spacial score (nSPS) is 17.2. The van der Waals surface area contributed by atoms with Gasteiger partial charge in [0.05, 0.1) is 5.75 Å². The lowest BCUT2D eigenvalue weighted by Crippen LogP contribution is -2.27. The van der Waals surface area contributed by atoms with E-state index >= 15 is 0 Å². The van der Waals surface area contributed by atoms with Crippen LogP contribution in [-0.2, 0) is 11.3 Å². The second-order valence-electron chi connectivity index (χ2n) is 6.36. The second-order valence-corrected chi connectivity index (χ2v) is 7.43. The lowest BCUT2D eigenvalue weighted by atomic mass is 10.2. The monoisotopic (exact) mass is 348 g/mol. The number of hydrogen-bond acceptors (Lipinski definition) is 2. The fourth-order valence-electron chi connectivity index (χ4n) is 3.12. The molecule has 1 unspecified atom stereocenters. The molecule has 3 aromatic rings. The average Bonchev–Trinajstić information content (AvgIpc) is 3.24. The van der Waals surface area contributed by atoms with E-state index < -0.39 is 0 Å². The fraction of sp³-hybridized carbons (Fsp3) is 0.190. The zero-order valence-corrected chi connectivity index (χ0v) is 14.9. The molecule has 1 saturated heterocycles. The van der Waals surface area contributed by atoms with Gasteiger partial charge < -0.3 is 9.47 Å². The van der Waals surface area contributed by atoms with E-state index in [4.69, 9.17) is 0 Å². The summed E-state index contributed by atoms with van der Waals surface area (Å²) in [6, 6.07) is 20.8. The first-order valence-electron chi connectivity index (χ1n) is 8.41. The van der Waals surface area contributed by atoms with Crippen molar-refractivity contribution in [2.24, 2.45) is 0 Å². The molecular formula is C21H20N2OS. The predicted octanol–water partition coefficient (Wildman–Crippen LogP) is 4.56. The van der Waals surface area contributed by atoms with E-state index in [1.165, 1.54) is 16.7 Å². The van der Waals surface area contributed by atoms with Crippen molar-refractivity contribution in [2.75, 3.05) is 5.75 Å². The van der Waals surface area contributed by atoms with Crippen LogP contribution in [-0.4, -0.2) is 21.1 Å². The molecule has 4 heteroatoms. The highest BCUT2D eigenvalue weighted by Crippen LogP contribution is 2.39. The van der Waals surface area contributed by atoms with Crippen molar-refractivity contribution in [3.63, 3.8) is 0 Å². The third-order valence-corrected chi connectivity index (χ3v) is 5.75. The molecule has 1 aromatic heterocycles. The van der Waals surface area contributed by atoms with Crippen molar-refractivity contribution in [1.82, 2.24) is 9.47 Å². The molecule has 126 valence electrons. The third-order valence-electron chi connectivity index (χ3n) is 4.50. The molecule has 0 bridgehead atoms. The summed E-state index contributed by atoms with van der Waals surface area (Å²) >= 11 is 1.70. The Morgan fingerprint density at radius 2 is 1.80 bits per heavy atom. The number of carbonyl (C=O) groups is 1. The minimum Gasteiger partial charge on any atom is -0.323 e. The molecule has 25 heavy (non-hydrogen) atoms. The lowest BCUT2D eigenvalue weighted by Gasteiger charge is -2.23. The van der Waals surface area contributed by atoms with Gasteiger partial charge in [-0.05, 0) is 30.7 Å². The van der Waals surface area contributed by atoms with Gasteiger partial charge in [-0.2, -0.15) is 0 Å². The Labute approximate surface area is 152 Å². The van der Waals surface area contributed by atoms with E-state index in [1.807, 2.05) is 23.1 Å². The van der Waals surface area contributed by atoms with Crippen LogP contribution in [0.3, 0.4) is 0 Å². The van der Waals surface area contributed by atoms with Crippen LogP contribution >= 0.6 is 11.8 Å². The van der Waals surface area contributed by atoms with E-state index in [2.05, 4.69) is 66.3 Å². The molecule has 0 saturated carbocycles. The van der Waals surface area contributed by atoms with Crippen LogP contribution in [0.2, 0.25) is 0 Å². The van der Waals surface area contributed by atoms with Crippen molar-refractivity contribution in [3.05, 3.63) is 89.7 Å². The SMILES string of the molecule is Cc1ccc(-n2ccc(C3SCC(=O)N3Cc3ccccc3)c2)cc1. The lowest BCUT2D eigenvalue weighted by molar-refractivity contribution is -0.128. The van der Waals surface area contributed by atoms with Crippen LogP contribution in [0.25, 0.3) is 5.69 Å². The topological polar surface area (TPSA) is 25.2 Å². The number of amides is 1. The van der Waals surface area contributed by atoms with Crippen LogP contribution in [0.4, 0.5) is 0 Å². The Balaban J connectivity index is 1.58. The number of thioether (sulfide) groups is 1. The van der Waals surface area contributed by atoms with Gasteiger partial charge in [0.1, 0.15) is 5.37 Å². The van der Waals surface area contributed by atoms with Crippen LogP contribution in [0.15, 0.2) is 73.1 Å². The number of aromatic nitrogens is 1. The molecule has 0 spiro atoms. The predicted molar refractivity (Wildman–Crippen MR) is 103 cm³/mol. The van der Waals surface area contributed by atoms with Gasteiger partial charge >= 0.3 is 0 Å². The highest BCUT2D eigenvalue weighted by atomic mass is 32.2. The molecule has 1 amide bonds. The molecule has 1 atom stereocenters. The zero-order valence-electron chi connectivity index (χ0n) is 14.1. The summed E-state index contributed by atoms with van der Waals surface area (Å²) in [6.45, 7) is 2.75. The van der Waals surface area contributed by atoms with E-state index in [1.54, 1.807) is 11.8 Å². The number of aryl methyl sites for hydroxylation is 1. The quantitative estimate of drug-likeness (QED) is 0.690. The van der Waals surface area contributed by atoms with Crippen molar-refractivity contribution < 1.29 is 4.79 Å². The Kier molecular flexibility index (Phi) is 4.36. The highest BCUT2D eigenvalue weighted by molar-refractivity contribution is 8.00. The Morgan fingerprint density at radius 3 is 2.56 bits per heavy atom. The van der Waals surface area contributed by atoms with Crippen molar-refractivity contribution in [1.29, 1.82) is 0 Å². The van der Waals surface area contributed by atoms with E-state index in [-0.39, 0.29) is 11.3 Å². The van der Waals surface area contributed by atoms with Gasteiger partial charge in [0.25, 0.3) is 0 Å². The summed E-state index contributed by atoms with van der Waals surface area (Å²) < 4.78 is 2.12. The number of carbonyl (C=O) groups excluding carboxylic acids is 1. The van der Waals surface area contributed by atoms with Crippen molar-refractivity contribution in [3.8, 4) is 5.69 Å². The number of hydrogen-bond donors (Lipinski definition) is 0. The first kappa shape index (κ1) is 16.0. The summed E-state index contributed by atoms with van der Waals surface area (Å²) in [6.07, 6.45) is 4.21. The molecule has 1 aliphatic rings. The molecular weight excluding hydrogens is 328 g/mol. The van der Waals surface area contributed by atoms with Gasteiger partial charge in [0.15, 0.2) is 0 Å². The Bertz CT molecular complexity index is 870. The zero-order chi connectivity index (χ0) is 17.2. The number of rotatable bonds is 4. The summed E-state index contributed by atoms with van der Waals surface area (Å²) in [5.41, 5.74) is 4.73. The van der Waals surface area contributed by atoms with Crippen LogP contribution in [0.5, 0.6) is 0 Å². The minimum atomic E-state index is 0.0828. The van der Waals surface area contributed by atoms with Gasteiger partial charge in [-0.3, -0.25) is 4.79 Å². The molecule has 4 rings (SSSR count). The first-order valence-corrected chi connectivity index (χ1v) is 9.45. The van der Waals surface area contributed by atoms with Gasteiger partial charge in [0.2, 0.25) is 5.91 Å². The van der Waals surface area contributed by atoms with Gasteiger partial charge in [0, 0.05) is 30.2 Å². The van der Waals surface area contributed by atoms with Crippen LogP contribution in [0.1, 0.15) is 22.1 Å². The smallest absolute Gasteiger partial charge is 0.234 e. The maximum atomic E-state index is 12.4. The van der Waals surface area contributed by atoms with E-state index in [0.29, 0.717) is 12.3 Å². The first-order chi connectivity index (χ1) is 12.2. The van der Waals surface area contributed by atoms with Gasteiger partial charge in [-0.25, -0.2) is 0 Å². The van der Waals surface area contributed by atoms with Gasteiger partial charge in [-0.15, -0.1) is 11.8 Å². The van der Waals surface area contributed by atoms with Crippen LogP contribution < -0.4 is 0 Å². The summed E-state index contributed by atoms with van der Waals surface area (Å²) in [5.74, 6) is 0.759. The molecule has 2 aromatic carbocycles. The average molecular weight is 348 g/mol. The number of nitrogens with zero attached hydrogens (tertiary/aromatic N) is 2. The van der Waals surface area contributed by atoms with Crippen molar-refractivity contribution >= 4 is 17.7 Å². The summed E-state index contributed by atoms with van der Waals surface area (Å²) in [7, 11) is 0. The Morgan fingerprint density at radius 1 is 1.04 bits per heavy atom. The molecule has 0 radical (unpaired) electrons. The van der Waals surface area contributed by atoms with Crippen LogP contribution in [0, 0.1) is 6.92 Å². The molecule has 3 nitrogen and oxygen atoms in total. The molecule has 1 aliphatic heterocycles. The van der Waals surface area contributed by atoms with Crippen molar-refractivity contribution in [2.45, 2.75) is 18.8 Å². The molecule has 1 fully saturated rings. The highest BCUT2D eigenvalue weighted by Gasteiger charge is 2.33. The minimum absolute atomic E-state index is 0.0828. The summed E-state index contributed by atoms with van der Waals surface area (Å²) in [4.78, 5) is 14.4. The Hall–Kier alpha value is -2.46.